The zero-order valence-corrected chi connectivity index (χ0v) is 9.56. The van der Waals surface area contributed by atoms with Gasteiger partial charge in [0.25, 0.3) is 0 Å². The van der Waals surface area contributed by atoms with Gasteiger partial charge in [0.15, 0.2) is 0 Å². The highest BCUT2D eigenvalue weighted by Gasteiger charge is 2.12. The quantitative estimate of drug-likeness (QED) is 0.722. The van der Waals surface area contributed by atoms with Crippen LogP contribution in [0.1, 0.15) is 0 Å². The van der Waals surface area contributed by atoms with E-state index in [4.69, 9.17) is 0 Å². The summed E-state index contributed by atoms with van der Waals surface area (Å²) in [5.41, 5.74) is 0.159. The molecule has 0 radical (unpaired) electrons. The van der Waals surface area contributed by atoms with Gasteiger partial charge >= 0.3 is 0 Å². The summed E-state index contributed by atoms with van der Waals surface area (Å²) in [6, 6.07) is 7.34. The van der Waals surface area contributed by atoms with E-state index in [2.05, 4.69) is 15.9 Å². The minimum atomic E-state index is -0.682. The molecule has 0 N–H and O–H groups in total. The molecule has 82 valence electrons. The molecule has 0 spiro atoms. The van der Waals surface area contributed by atoms with Crippen LogP contribution in [0.15, 0.2) is 40.9 Å². The Hall–Kier alpha value is -1.29. The third kappa shape index (κ3) is 2.11. The number of rotatable bonds is 1. The van der Waals surface area contributed by atoms with Crippen LogP contribution in [-0.2, 0) is 0 Å². The maximum Gasteiger partial charge on any atom is 0.135 e. The molecule has 0 atom stereocenters. The van der Waals surface area contributed by atoms with Gasteiger partial charge < -0.3 is 0 Å². The summed E-state index contributed by atoms with van der Waals surface area (Å²) in [7, 11) is 0. The van der Waals surface area contributed by atoms with Gasteiger partial charge in [0.1, 0.15) is 17.5 Å². The SMILES string of the molecule is Fc1ccc(-c2c(F)cc(Br)cc2F)cc1. The third-order valence-electron chi connectivity index (χ3n) is 2.14. The van der Waals surface area contributed by atoms with Gasteiger partial charge in [0, 0.05) is 4.47 Å². The molecule has 0 amide bonds. The van der Waals surface area contributed by atoms with E-state index in [9.17, 15) is 13.2 Å². The van der Waals surface area contributed by atoms with Crippen LogP contribution in [0.2, 0.25) is 0 Å². The molecular weight excluding hydrogens is 281 g/mol. The first-order valence-corrected chi connectivity index (χ1v) is 5.27. The normalized spacial score (nSPS) is 10.5. The van der Waals surface area contributed by atoms with Gasteiger partial charge in [0.05, 0.1) is 5.56 Å². The molecule has 0 aromatic heterocycles. The van der Waals surface area contributed by atoms with Gasteiger partial charge in [-0.2, -0.15) is 0 Å². The summed E-state index contributed by atoms with van der Waals surface area (Å²) < 4.78 is 40.1. The molecule has 0 aliphatic carbocycles. The Balaban J connectivity index is 2.60. The molecule has 2 aromatic rings. The highest BCUT2D eigenvalue weighted by Crippen LogP contribution is 2.28. The zero-order valence-electron chi connectivity index (χ0n) is 7.98. The molecule has 0 fully saturated rings. The standard InChI is InChI=1S/C12H6BrF3/c13-8-5-10(15)12(11(16)6-8)7-1-3-9(14)4-2-7/h1-6H. The van der Waals surface area contributed by atoms with Gasteiger partial charge in [-0.25, -0.2) is 13.2 Å². The molecule has 2 rings (SSSR count). The minimum absolute atomic E-state index is 0.150. The zero-order chi connectivity index (χ0) is 11.7. The Morgan fingerprint density at radius 1 is 0.812 bits per heavy atom. The summed E-state index contributed by atoms with van der Waals surface area (Å²) in [5, 5.41) is 0. The first-order valence-electron chi connectivity index (χ1n) is 4.48. The molecule has 0 unspecified atom stereocenters. The highest BCUT2D eigenvalue weighted by atomic mass is 79.9. The summed E-state index contributed by atoms with van der Waals surface area (Å²) >= 11 is 2.99. The van der Waals surface area contributed by atoms with Crippen molar-refractivity contribution in [3.05, 3.63) is 58.3 Å². The fourth-order valence-electron chi connectivity index (χ4n) is 1.43. The van der Waals surface area contributed by atoms with Crippen LogP contribution in [0.25, 0.3) is 11.1 Å². The molecular formula is C12H6BrF3. The Morgan fingerprint density at radius 3 is 1.81 bits per heavy atom. The van der Waals surface area contributed by atoms with E-state index >= 15 is 0 Å². The summed E-state index contributed by atoms with van der Waals surface area (Å²) in [4.78, 5) is 0. The van der Waals surface area contributed by atoms with Crippen molar-refractivity contribution in [3.8, 4) is 11.1 Å². The van der Waals surface area contributed by atoms with Gasteiger partial charge in [-0.3, -0.25) is 0 Å². The Morgan fingerprint density at radius 2 is 1.31 bits per heavy atom. The van der Waals surface area contributed by atoms with Gasteiger partial charge in [0.2, 0.25) is 0 Å². The number of hydrogen-bond donors (Lipinski definition) is 0. The second-order valence-electron chi connectivity index (χ2n) is 3.25. The van der Waals surface area contributed by atoms with Crippen LogP contribution < -0.4 is 0 Å². The molecule has 0 heterocycles. The van der Waals surface area contributed by atoms with Crippen molar-refractivity contribution in [3.63, 3.8) is 0 Å². The second kappa shape index (κ2) is 4.29. The maximum absolute atomic E-state index is 13.5. The summed E-state index contributed by atoms with van der Waals surface area (Å²) in [5.74, 6) is -1.81. The predicted molar refractivity (Wildman–Crippen MR) is 59.5 cm³/mol. The van der Waals surface area contributed by atoms with Gasteiger partial charge in [-0.1, -0.05) is 28.1 Å². The molecule has 0 saturated carbocycles. The van der Waals surface area contributed by atoms with E-state index < -0.39 is 17.5 Å². The number of halogens is 4. The molecule has 16 heavy (non-hydrogen) atoms. The smallest absolute Gasteiger partial charge is 0.135 e. The summed E-state index contributed by atoms with van der Waals surface area (Å²) in [6.45, 7) is 0. The minimum Gasteiger partial charge on any atom is -0.207 e. The largest absolute Gasteiger partial charge is 0.207 e. The van der Waals surface area contributed by atoms with Crippen molar-refractivity contribution in [1.82, 2.24) is 0 Å². The Labute approximate surface area is 98.9 Å². The van der Waals surface area contributed by atoms with Crippen LogP contribution in [0, 0.1) is 17.5 Å². The molecule has 0 saturated heterocycles. The topological polar surface area (TPSA) is 0 Å². The van der Waals surface area contributed by atoms with E-state index in [1.165, 1.54) is 24.3 Å². The van der Waals surface area contributed by atoms with E-state index in [0.29, 0.717) is 10.0 Å². The second-order valence-corrected chi connectivity index (χ2v) is 4.17. The van der Waals surface area contributed by atoms with Crippen molar-refractivity contribution < 1.29 is 13.2 Å². The lowest BCUT2D eigenvalue weighted by Crippen LogP contribution is -1.90. The lowest BCUT2D eigenvalue weighted by molar-refractivity contribution is 0.587. The van der Waals surface area contributed by atoms with Crippen LogP contribution in [0.3, 0.4) is 0 Å². The van der Waals surface area contributed by atoms with Crippen molar-refractivity contribution in [1.29, 1.82) is 0 Å². The first-order chi connectivity index (χ1) is 7.58. The van der Waals surface area contributed by atoms with Crippen LogP contribution in [0.5, 0.6) is 0 Å². The lowest BCUT2D eigenvalue weighted by Gasteiger charge is -2.05. The van der Waals surface area contributed by atoms with E-state index in [1.54, 1.807) is 0 Å². The molecule has 0 aliphatic heterocycles. The fraction of sp³-hybridized carbons (Fsp3) is 0. The van der Waals surface area contributed by atoms with Crippen LogP contribution >= 0.6 is 15.9 Å². The van der Waals surface area contributed by atoms with Gasteiger partial charge in [-0.15, -0.1) is 0 Å². The first kappa shape index (κ1) is 11.2. The van der Waals surface area contributed by atoms with E-state index in [1.807, 2.05) is 0 Å². The fourth-order valence-corrected chi connectivity index (χ4v) is 1.84. The predicted octanol–water partition coefficient (Wildman–Crippen LogP) is 4.53. The third-order valence-corrected chi connectivity index (χ3v) is 2.60. The van der Waals surface area contributed by atoms with Crippen LogP contribution in [-0.4, -0.2) is 0 Å². The number of benzene rings is 2. The molecule has 0 bridgehead atoms. The summed E-state index contributed by atoms with van der Waals surface area (Å²) in [6.07, 6.45) is 0. The monoisotopic (exact) mass is 286 g/mol. The molecule has 4 heteroatoms. The molecule has 2 aromatic carbocycles. The van der Waals surface area contributed by atoms with Crippen molar-refractivity contribution in [2.24, 2.45) is 0 Å². The van der Waals surface area contributed by atoms with Crippen molar-refractivity contribution >= 4 is 15.9 Å². The average Bonchev–Trinajstić information content (AvgIpc) is 2.19. The average molecular weight is 287 g/mol. The molecule has 0 aliphatic rings. The van der Waals surface area contributed by atoms with Crippen molar-refractivity contribution in [2.45, 2.75) is 0 Å². The Kier molecular flexibility index (Phi) is 3.01. The van der Waals surface area contributed by atoms with Crippen LogP contribution in [0.4, 0.5) is 13.2 Å². The van der Waals surface area contributed by atoms with E-state index in [0.717, 1.165) is 12.1 Å². The molecule has 0 nitrogen and oxygen atoms in total. The van der Waals surface area contributed by atoms with E-state index in [-0.39, 0.29) is 5.56 Å². The van der Waals surface area contributed by atoms with Gasteiger partial charge in [-0.05, 0) is 29.8 Å². The highest BCUT2D eigenvalue weighted by molar-refractivity contribution is 9.10. The van der Waals surface area contributed by atoms with Crippen molar-refractivity contribution in [2.75, 3.05) is 0 Å². The maximum atomic E-state index is 13.5. The number of hydrogen-bond acceptors (Lipinski definition) is 0. The lowest BCUT2D eigenvalue weighted by atomic mass is 10.0. The Bertz CT molecular complexity index is 497.